The summed E-state index contributed by atoms with van der Waals surface area (Å²) < 4.78 is 15.4. The number of H-pyrrole nitrogens is 3. The first kappa shape index (κ1) is 33.4. The smallest absolute Gasteiger partial charge is 0.340 e. The van der Waals surface area contributed by atoms with Crippen molar-refractivity contribution in [2.24, 2.45) is 11.8 Å². The molecule has 2 aliphatic heterocycles. The molecule has 10 nitrogen and oxygen atoms in total. The van der Waals surface area contributed by atoms with Gasteiger partial charge in [-0.3, -0.25) is 9.59 Å². The lowest BCUT2D eigenvalue weighted by molar-refractivity contribution is -0.141. The Morgan fingerprint density at radius 1 is 0.851 bits per heavy atom. The summed E-state index contributed by atoms with van der Waals surface area (Å²) in [5.41, 5.74) is 10.5. The van der Waals surface area contributed by atoms with Gasteiger partial charge in [0.05, 0.1) is 39.0 Å². The Balaban J connectivity index is 1.94. The Morgan fingerprint density at radius 3 is 2.17 bits per heavy atom. The molecule has 8 bridgehead atoms. The highest BCUT2D eigenvalue weighted by Gasteiger charge is 2.37. The van der Waals surface area contributed by atoms with Crippen LogP contribution in [-0.2, 0) is 30.2 Å². The number of esters is 3. The van der Waals surface area contributed by atoms with E-state index >= 15 is 0 Å². The number of nitrogens with one attached hydrogen (secondary N) is 4. The SMILES string of the molecule is C=Cc1c2[nH]c(c1C)C=C1NC(=C(CC(=O)OC)c3[nH]c(c(C)c3C(=O)OC)C=c3[nH]c(c(C)c3CC)=C2)C(CCC(=O)OC)C1C. The molecule has 1 fully saturated rings. The fraction of sp³-hybridized carbons (Fsp3) is 0.378. The van der Waals surface area contributed by atoms with E-state index < -0.39 is 11.9 Å². The van der Waals surface area contributed by atoms with E-state index in [1.807, 2.05) is 19.1 Å². The second-order valence-electron chi connectivity index (χ2n) is 12.2. The maximum absolute atomic E-state index is 13.5. The highest BCUT2D eigenvalue weighted by atomic mass is 16.5. The van der Waals surface area contributed by atoms with Gasteiger partial charge in [-0.25, -0.2) is 4.79 Å². The van der Waals surface area contributed by atoms with Crippen molar-refractivity contribution in [1.29, 1.82) is 0 Å². The molecule has 0 amide bonds. The molecule has 0 spiro atoms. The molecule has 2 atom stereocenters. The summed E-state index contributed by atoms with van der Waals surface area (Å²) in [4.78, 5) is 49.6. The van der Waals surface area contributed by atoms with Crippen LogP contribution in [0.15, 0.2) is 18.0 Å². The number of carbonyl (C=O) groups excluding carboxylic acids is 3. The molecule has 10 heteroatoms. The summed E-state index contributed by atoms with van der Waals surface area (Å²) in [6.45, 7) is 14.3. The molecule has 5 rings (SSSR count). The van der Waals surface area contributed by atoms with Crippen molar-refractivity contribution < 1.29 is 28.6 Å². The van der Waals surface area contributed by atoms with Crippen molar-refractivity contribution >= 4 is 47.8 Å². The van der Waals surface area contributed by atoms with Crippen LogP contribution in [0.4, 0.5) is 0 Å². The fourth-order valence-corrected chi connectivity index (χ4v) is 6.96. The molecule has 2 aliphatic rings. The topological polar surface area (TPSA) is 138 Å². The van der Waals surface area contributed by atoms with E-state index in [1.54, 1.807) is 0 Å². The second kappa shape index (κ2) is 13.4. The lowest BCUT2D eigenvalue weighted by Gasteiger charge is -2.19. The zero-order valence-electron chi connectivity index (χ0n) is 28.4. The molecule has 3 aromatic rings. The van der Waals surface area contributed by atoms with E-state index in [0.29, 0.717) is 34.5 Å². The van der Waals surface area contributed by atoms with E-state index in [0.717, 1.165) is 62.2 Å². The van der Waals surface area contributed by atoms with Crippen molar-refractivity contribution in [3.8, 4) is 0 Å². The van der Waals surface area contributed by atoms with Gasteiger partial charge in [0.1, 0.15) is 0 Å². The number of carbonyl (C=O) groups is 3. The van der Waals surface area contributed by atoms with Crippen LogP contribution in [0, 0.1) is 32.6 Å². The minimum atomic E-state index is -0.527. The zero-order valence-corrected chi connectivity index (χ0v) is 28.4. The zero-order chi connectivity index (χ0) is 34.2. The van der Waals surface area contributed by atoms with Crippen LogP contribution in [0.25, 0.3) is 29.9 Å². The number of ether oxygens (including phenoxy) is 3. The fourth-order valence-electron chi connectivity index (χ4n) is 6.96. The molecule has 0 aliphatic carbocycles. The minimum absolute atomic E-state index is 0.0798. The van der Waals surface area contributed by atoms with Crippen LogP contribution >= 0.6 is 0 Å². The van der Waals surface area contributed by atoms with Gasteiger partial charge < -0.3 is 34.5 Å². The minimum Gasteiger partial charge on any atom is -0.469 e. The van der Waals surface area contributed by atoms with Crippen LogP contribution < -0.4 is 16.0 Å². The third-order valence-corrected chi connectivity index (χ3v) is 9.74. The normalized spacial score (nSPS) is 16.9. The van der Waals surface area contributed by atoms with Crippen LogP contribution in [0.5, 0.6) is 0 Å². The quantitative estimate of drug-likeness (QED) is 0.207. The standard InChI is InChI=1S/C37H44N4O6/c1-10-22-18(3)26-15-28-20(5)24(12-13-32(42)45-7)35(40-28)25(14-33(43)46-8)36-34(37(44)47-9)21(6)29(41-36)17-31-23(11-2)19(4)27(39-31)16-30(22)38-26/h10,15-17,20,24,38-41H,1,11-14H2,2-9H3. The van der Waals surface area contributed by atoms with Gasteiger partial charge in [-0.2, -0.15) is 0 Å². The number of allylic oxidation sites excluding steroid dienone is 2. The first-order valence-corrected chi connectivity index (χ1v) is 15.9. The Morgan fingerprint density at radius 2 is 1.53 bits per heavy atom. The molecule has 47 heavy (non-hydrogen) atoms. The highest BCUT2D eigenvalue weighted by Crippen LogP contribution is 2.43. The lowest BCUT2D eigenvalue weighted by Crippen LogP contribution is -2.17. The summed E-state index contributed by atoms with van der Waals surface area (Å²) in [5, 5.41) is 5.50. The third-order valence-electron chi connectivity index (χ3n) is 9.74. The van der Waals surface area contributed by atoms with Crippen molar-refractivity contribution in [3.05, 3.63) is 84.8 Å². The van der Waals surface area contributed by atoms with Crippen molar-refractivity contribution in [2.75, 3.05) is 21.3 Å². The van der Waals surface area contributed by atoms with Crippen molar-refractivity contribution in [2.45, 2.75) is 60.3 Å². The van der Waals surface area contributed by atoms with E-state index in [9.17, 15) is 14.4 Å². The summed E-state index contributed by atoms with van der Waals surface area (Å²) in [6, 6.07) is 0. The van der Waals surface area contributed by atoms with E-state index in [-0.39, 0.29) is 30.6 Å². The van der Waals surface area contributed by atoms with Crippen LogP contribution in [0.2, 0.25) is 0 Å². The average molecular weight is 641 g/mol. The first-order chi connectivity index (χ1) is 22.5. The highest BCUT2D eigenvalue weighted by molar-refractivity contribution is 6.00. The van der Waals surface area contributed by atoms with E-state index in [1.165, 1.54) is 21.3 Å². The molecule has 248 valence electrons. The van der Waals surface area contributed by atoms with Crippen LogP contribution in [0.1, 0.15) is 94.1 Å². The summed E-state index contributed by atoms with van der Waals surface area (Å²) >= 11 is 0. The molecule has 3 aromatic heterocycles. The first-order valence-electron chi connectivity index (χ1n) is 15.9. The van der Waals surface area contributed by atoms with Gasteiger partial charge in [-0.15, -0.1) is 0 Å². The van der Waals surface area contributed by atoms with Gasteiger partial charge in [0, 0.05) is 68.6 Å². The molecular formula is C37H44N4O6. The van der Waals surface area contributed by atoms with Crippen LogP contribution in [-0.4, -0.2) is 54.2 Å². The number of aromatic nitrogens is 3. The summed E-state index contributed by atoms with van der Waals surface area (Å²) in [6.07, 6.45) is 9.36. The van der Waals surface area contributed by atoms with Gasteiger partial charge in [-0.1, -0.05) is 26.5 Å². The number of methoxy groups -OCH3 is 3. The Bertz CT molecular complexity index is 1960. The molecule has 0 radical (unpaired) electrons. The lowest BCUT2D eigenvalue weighted by atomic mass is 9.85. The number of fused-ring (bicyclic) bond motifs is 8. The largest absolute Gasteiger partial charge is 0.469 e. The van der Waals surface area contributed by atoms with Crippen LogP contribution in [0.3, 0.4) is 0 Å². The van der Waals surface area contributed by atoms with Gasteiger partial charge in [0.15, 0.2) is 0 Å². The molecule has 0 aromatic carbocycles. The summed E-state index contributed by atoms with van der Waals surface area (Å²) in [7, 11) is 4.05. The second-order valence-corrected chi connectivity index (χ2v) is 12.2. The number of hydrogen-bond acceptors (Lipinski definition) is 7. The maximum atomic E-state index is 13.5. The molecular weight excluding hydrogens is 596 g/mol. The summed E-state index contributed by atoms with van der Waals surface area (Å²) in [5.74, 6) is -1.61. The third kappa shape index (κ3) is 6.00. The van der Waals surface area contributed by atoms with Gasteiger partial charge in [0.2, 0.25) is 0 Å². The molecule has 1 saturated heterocycles. The Hall–Kier alpha value is -4.99. The van der Waals surface area contributed by atoms with Crippen molar-refractivity contribution in [3.63, 3.8) is 0 Å². The van der Waals surface area contributed by atoms with Gasteiger partial charge in [0.25, 0.3) is 0 Å². The molecule has 5 heterocycles. The molecule has 4 N–H and O–H groups in total. The van der Waals surface area contributed by atoms with Gasteiger partial charge in [-0.05, 0) is 74.1 Å². The number of aromatic amines is 3. The predicted molar refractivity (Wildman–Crippen MR) is 182 cm³/mol. The van der Waals surface area contributed by atoms with E-state index in [4.69, 9.17) is 14.2 Å². The monoisotopic (exact) mass is 640 g/mol. The van der Waals surface area contributed by atoms with E-state index in [2.05, 4.69) is 66.7 Å². The Kier molecular flexibility index (Phi) is 9.51. The molecule has 2 unspecified atom stereocenters. The maximum Gasteiger partial charge on any atom is 0.340 e. The number of rotatable bonds is 8. The predicted octanol–water partition coefficient (Wildman–Crippen LogP) is 4.68. The Labute approximate surface area is 274 Å². The average Bonchev–Trinajstić information content (AvgIpc) is 3.74. The van der Waals surface area contributed by atoms with Crippen molar-refractivity contribution in [1.82, 2.24) is 20.3 Å². The molecule has 0 saturated carbocycles. The number of hydrogen-bond donors (Lipinski definition) is 4. The van der Waals surface area contributed by atoms with Gasteiger partial charge >= 0.3 is 17.9 Å².